The van der Waals surface area contributed by atoms with Crippen LogP contribution in [-0.2, 0) is 9.47 Å². The summed E-state index contributed by atoms with van der Waals surface area (Å²) in [7, 11) is 0. The lowest BCUT2D eigenvalue weighted by molar-refractivity contribution is 0.0204. The minimum atomic E-state index is -0.520. The van der Waals surface area contributed by atoms with Crippen molar-refractivity contribution in [1.29, 1.82) is 0 Å². The molecule has 0 unspecified atom stereocenters. The zero-order valence-electron chi connectivity index (χ0n) is 17.3. The van der Waals surface area contributed by atoms with Crippen molar-refractivity contribution in [3.05, 3.63) is 23.4 Å². The minimum Gasteiger partial charge on any atom is -0.444 e. The van der Waals surface area contributed by atoms with Gasteiger partial charge in [0.1, 0.15) is 17.2 Å². The number of carbonyl (C=O) groups excluding carboxylic acids is 1. The molecular formula is C21H29FN4O3. The fourth-order valence-corrected chi connectivity index (χ4v) is 4.21. The Balaban J connectivity index is 1.52. The number of nitrogens with zero attached hydrogens (tertiary/aromatic N) is 3. The summed E-state index contributed by atoms with van der Waals surface area (Å²) in [4.78, 5) is 26.2. The van der Waals surface area contributed by atoms with Crippen molar-refractivity contribution in [3.8, 4) is 0 Å². The van der Waals surface area contributed by atoms with Gasteiger partial charge in [-0.25, -0.2) is 19.2 Å². The van der Waals surface area contributed by atoms with Crippen LogP contribution in [0, 0.1) is 5.82 Å². The van der Waals surface area contributed by atoms with Crippen LogP contribution in [-0.4, -0.2) is 57.8 Å². The summed E-state index contributed by atoms with van der Waals surface area (Å²) >= 11 is 0. The van der Waals surface area contributed by atoms with Gasteiger partial charge >= 0.3 is 6.09 Å². The predicted molar refractivity (Wildman–Crippen MR) is 106 cm³/mol. The number of aromatic amines is 1. The summed E-state index contributed by atoms with van der Waals surface area (Å²) in [6.45, 7) is 8.10. The van der Waals surface area contributed by atoms with Crippen LogP contribution < -0.4 is 0 Å². The normalized spacial score (nSPS) is 19.7. The van der Waals surface area contributed by atoms with E-state index in [0.29, 0.717) is 48.6 Å². The van der Waals surface area contributed by atoms with Crippen molar-refractivity contribution >= 4 is 17.3 Å². The molecule has 2 saturated heterocycles. The topological polar surface area (TPSA) is 80.3 Å². The van der Waals surface area contributed by atoms with Crippen molar-refractivity contribution in [3.63, 3.8) is 0 Å². The molecule has 2 aliphatic heterocycles. The molecule has 0 aromatic carbocycles. The monoisotopic (exact) mass is 404 g/mol. The molecule has 1 N–H and O–H groups in total. The lowest BCUT2D eigenvalue weighted by atomic mass is 9.89. The van der Waals surface area contributed by atoms with Crippen LogP contribution in [0.2, 0.25) is 0 Å². The van der Waals surface area contributed by atoms with Gasteiger partial charge in [-0.1, -0.05) is 0 Å². The van der Waals surface area contributed by atoms with E-state index in [9.17, 15) is 9.18 Å². The Bertz CT molecular complexity index is 878. The summed E-state index contributed by atoms with van der Waals surface area (Å²) < 4.78 is 25.7. The first-order valence-electron chi connectivity index (χ1n) is 10.4. The molecule has 0 bridgehead atoms. The van der Waals surface area contributed by atoms with E-state index in [0.717, 1.165) is 31.9 Å². The summed E-state index contributed by atoms with van der Waals surface area (Å²) in [6, 6.07) is 0. The lowest BCUT2D eigenvalue weighted by Gasteiger charge is -2.33. The molecule has 4 rings (SSSR count). The molecule has 7 nitrogen and oxygen atoms in total. The Kier molecular flexibility index (Phi) is 5.46. The number of nitrogens with one attached hydrogen (secondary N) is 1. The van der Waals surface area contributed by atoms with Gasteiger partial charge in [-0.05, 0) is 52.4 Å². The second-order valence-electron chi connectivity index (χ2n) is 8.97. The van der Waals surface area contributed by atoms with Gasteiger partial charge in [0, 0.05) is 37.8 Å². The van der Waals surface area contributed by atoms with Gasteiger partial charge < -0.3 is 19.4 Å². The highest BCUT2D eigenvalue weighted by atomic mass is 19.1. The Morgan fingerprint density at radius 2 is 1.90 bits per heavy atom. The number of piperidine rings is 1. The maximum atomic E-state index is 14.8. The maximum Gasteiger partial charge on any atom is 0.410 e. The first kappa shape index (κ1) is 20.1. The molecular weight excluding hydrogens is 375 g/mol. The molecule has 0 spiro atoms. The number of halogens is 1. The standard InChI is InChI=1S/C21H29FN4O3/c1-21(2,3)29-20(27)26-8-4-13(5-9-26)16-15(22)12-23-19-17(16)24-18(25-19)14-6-10-28-11-7-14/h12-14H,4-11H2,1-3H3,(H,23,24,25). The van der Waals surface area contributed by atoms with Gasteiger partial charge in [0.2, 0.25) is 0 Å². The van der Waals surface area contributed by atoms with Gasteiger partial charge in [0.05, 0.1) is 11.7 Å². The summed E-state index contributed by atoms with van der Waals surface area (Å²) in [5.41, 5.74) is 1.39. The van der Waals surface area contributed by atoms with Crippen LogP contribution in [0.1, 0.15) is 69.7 Å². The number of aromatic nitrogens is 3. The molecule has 2 fully saturated rings. The number of H-pyrrole nitrogens is 1. The van der Waals surface area contributed by atoms with Gasteiger partial charge in [-0.3, -0.25) is 0 Å². The summed E-state index contributed by atoms with van der Waals surface area (Å²) in [6.07, 6.45) is 4.14. The van der Waals surface area contributed by atoms with Crippen LogP contribution in [0.4, 0.5) is 9.18 Å². The smallest absolute Gasteiger partial charge is 0.410 e. The van der Waals surface area contributed by atoms with Gasteiger partial charge in [-0.15, -0.1) is 0 Å². The molecule has 0 atom stereocenters. The number of likely N-dealkylation sites (tertiary alicyclic amines) is 1. The van der Waals surface area contributed by atoms with E-state index in [4.69, 9.17) is 9.47 Å². The van der Waals surface area contributed by atoms with E-state index in [-0.39, 0.29) is 17.8 Å². The molecule has 2 aliphatic rings. The Morgan fingerprint density at radius 3 is 2.55 bits per heavy atom. The Morgan fingerprint density at radius 1 is 1.21 bits per heavy atom. The molecule has 8 heteroatoms. The molecule has 0 radical (unpaired) electrons. The second kappa shape index (κ2) is 7.89. The van der Waals surface area contributed by atoms with Crippen molar-refractivity contribution in [2.75, 3.05) is 26.3 Å². The molecule has 158 valence electrons. The molecule has 4 heterocycles. The fraction of sp³-hybridized carbons (Fsp3) is 0.667. The number of amides is 1. The van der Waals surface area contributed by atoms with E-state index in [2.05, 4.69) is 15.0 Å². The molecule has 2 aromatic heterocycles. The third-order valence-electron chi connectivity index (χ3n) is 5.69. The van der Waals surface area contributed by atoms with E-state index in [1.54, 1.807) is 4.90 Å². The van der Waals surface area contributed by atoms with Crippen LogP contribution >= 0.6 is 0 Å². The maximum absolute atomic E-state index is 14.8. The van der Waals surface area contributed by atoms with Crippen LogP contribution in [0.15, 0.2) is 6.20 Å². The highest BCUT2D eigenvalue weighted by Crippen LogP contribution is 2.35. The van der Waals surface area contributed by atoms with Gasteiger partial charge in [0.25, 0.3) is 0 Å². The summed E-state index contributed by atoms with van der Waals surface area (Å²) in [5.74, 6) is 0.870. The van der Waals surface area contributed by atoms with E-state index in [1.165, 1.54) is 6.20 Å². The van der Waals surface area contributed by atoms with Crippen molar-refractivity contribution < 1.29 is 18.7 Å². The van der Waals surface area contributed by atoms with E-state index >= 15 is 0 Å². The van der Waals surface area contributed by atoms with E-state index < -0.39 is 5.60 Å². The molecule has 0 aliphatic carbocycles. The number of imidazole rings is 1. The number of ether oxygens (including phenoxy) is 2. The number of hydrogen-bond acceptors (Lipinski definition) is 5. The molecule has 1 amide bonds. The highest BCUT2D eigenvalue weighted by molar-refractivity contribution is 5.76. The van der Waals surface area contributed by atoms with Crippen molar-refractivity contribution in [1.82, 2.24) is 19.9 Å². The van der Waals surface area contributed by atoms with Crippen molar-refractivity contribution in [2.24, 2.45) is 0 Å². The van der Waals surface area contributed by atoms with Crippen LogP contribution in [0.25, 0.3) is 11.2 Å². The second-order valence-corrected chi connectivity index (χ2v) is 8.97. The minimum absolute atomic E-state index is 0.0159. The fourth-order valence-electron chi connectivity index (χ4n) is 4.21. The zero-order chi connectivity index (χ0) is 20.6. The SMILES string of the molecule is CC(C)(C)OC(=O)N1CCC(c2c(F)cnc3nc(C4CCOCC4)[nH]c23)CC1. The third-order valence-corrected chi connectivity index (χ3v) is 5.69. The quantitative estimate of drug-likeness (QED) is 0.815. The average Bonchev–Trinajstić information content (AvgIpc) is 3.12. The molecule has 2 aromatic rings. The number of pyridine rings is 1. The van der Waals surface area contributed by atoms with Crippen LogP contribution in [0.3, 0.4) is 0 Å². The Labute approximate surface area is 170 Å². The zero-order valence-corrected chi connectivity index (χ0v) is 17.3. The average molecular weight is 404 g/mol. The Hall–Kier alpha value is -2.22. The third kappa shape index (κ3) is 4.37. The predicted octanol–water partition coefficient (Wildman–Crippen LogP) is 4.11. The van der Waals surface area contributed by atoms with E-state index in [1.807, 2.05) is 20.8 Å². The first-order valence-corrected chi connectivity index (χ1v) is 10.4. The number of fused-ring (bicyclic) bond motifs is 1. The summed E-state index contributed by atoms with van der Waals surface area (Å²) in [5, 5.41) is 0. The number of carbonyl (C=O) groups is 1. The van der Waals surface area contributed by atoms with Crippen LogP contribution in [0.5, 0.6) is 0 Å². The number of rotatable bonds is 2. The first-order chi connectivity index (χ1) is 13.8. The molecule has 29 heavy (non-hydrogen) atoms. The molecule has 0 saturated carbocycles. The van der Waals surface area contributed by atoms with Gasteiger partial charge in [-0.2, -0.15) is 0 Å². The largest absolute Gasteiger partial charge is 0.444 e. The van der Waals surface area contributed by atoms with Gasteiger partial charge in [0.15, 0.2) is 5.65 Å². The lowest BCUT2D eigenvalue weighted by Crippen LogP contribution is -2.41. The number of hydrogen-bond donors (Lipinski definition) is 1. The van der Waals surface area contributed by atoms with Crippen molar-refractivity contribution in [2.45, 2.75) is 63.9 Å². The highest BCUT2D eigenvalue weighted by Gasteiger charge is 2.31.